The molecule has 1 aromatic carbocycles. The number of nitrogens with zero attached hydrogens (tertiary/aromatic N) is 6. The summed E-state index contributed by atoms with van der Waals surface area (Å²) < 4.78 is 41.6. The van der Waals surface area contributed by atoms with Gasteiger partial charge in [-0.15, -0.1) is 0 Å². The van der Waals surface area contributed by atoms with Crippen LogP contribution in [0.5, 0.6) is 0 Å². The van der Waals surface area contributed by atoms with Crippen molar-refractivity contribution in [1.82, 2.24) is 0 Å². The van der Waals surface area contributed by atoms with E-state index in [1.165, 1.54) is 31.2 Å². The first-order chi connectivity index (χ1) is 14.7. The molecular formula is C22H5F3N6. The van der Waals surface area contributed by atoms with E-state index in [1.807, 2.05) is 0 Å². The van der Waals surface area contributed by atoms with E-state index in [2.05, 4.69) is 14.5 Å². The maximum absolute atomic E-state index is 13.9. The Morgan fingerprint density at radius 2 is 1.39 bits per heavy atom. The summed E-state index contributed by atoms with van der Waals surface area (Å²) in [4.78, 5) is 9.44. The van der Waals surface area contributed by atoms with E-state index in [4.69, 9.17) is 19.7 Å². The van der Waals surface area contributed by atoms with Crippen molar-refractivity contribution in [2.24, 2.45) is 0 Å². The van der Waals surface area contributed by atoms with Gasteiger partial charge in [0.05, 0.1) is 43.0 Å². The van der Waals surface area contributed by atoms with Gasteiger partial charge in [-0.1, -0.05) is 6.07 Å². The van der Waals surface area contributed by atoms with Crippen LogP contribution in [0.1, 0.15) is 29.2 Å². The second-order valence-electron chi connectivity index (χ2n) is 6.28. The summed E-state index contributed by atoms with van der Waals surface area (Å²) in [5, 5.41) is 28.0. The highest BCUT2D eigenvalue weighted by Gasteiger charge is 2.46. The number of nitriles is 3. The van der Waals surface area contributed by atoms with E-state index in [-0.39, 0.29) is 39.2 Å². The standard InChI is InChI=1S/C22H5F3N6/c1-10-18(16(8-27)29-2)13-6-12-11(5-14(13)21(10)31-4)15(7-26)20(22(23,24)25)19(12)17(9-28)30-3/h5-6H,1H3/b18-16+,19-17+. The normalized spacial score (nSPS) is 17.4. The molecular weight excluding hydrogens is 405 g/mol. The molecule has 0 amide bonds. The monoisotopic (exact) mass is 410 g/mol. The Hall–Kier alpha value is -5.09. The molecule has 6 nitrogen and oxygen atoms in total. The summed E-state index contributed by atoms with van der Waals surface area (Å²) in [5.74, 6) is 0. The molecule has 31 heavy (non-hydrogen) atoms. The summed E-state index contributed by atoms with van der Waals surface area (Å²) in [7, 11) is 0. The maximum Gasteiger partial charge on any atom is 0.417 e. The molecule has 2 aliphatic rings. The van der Waals surface area contributed by atoms with Gasteiger partial charge in [0.15, 0.2) is 5.70 Å². The van der Waals surface area contributed by atoms with E-state index in [0.29, 0.717) is 5.57 Å². The molecule has 1 aromatic rings. The Morgan fingerprint density at radius 1 is 0.871 bits per heavy atom. The zero-order valence-corrected chi connectivity index (χ0v) is 15.5. The van der Waals surface area contributed by atoms with E-state index in [9.17, 15) is 29.0 Å². The predicted octanol–water partition coefficient (Wildman–Crippen LogP) is 5.51. The van der Waals surface area contributed by atoms with E-state index in [0.717, 1.165) is 0 Å². The van der Waals surface area contributed by atoms with Crippen LogP contribution in [0.25, 0.3) is 37.0 Å². The van der Waals surface area contributed by atoms with Gasteiger partial charge in [0.25, 0.3) is 11.4 Å². The zero-order valence-electron chi connectivity index (χ0n) is 15.5. The highest BCUT2D eigenvalue weighted by Crippen LogP contribution is 2.53. The lowest BCUT2D eigenvalue weighted by molar-refractivity contribution is -0.0862. The molecule has 9 heteroatoms. The Kier molecular flexibility index (Phi) is 4.70. The van der Waals surface area contributed by atoms with Gasteiger partial charge in [-0.3, -0.25) is 0 Å². The molecule has 0 atom stereocenters. The third kappa shape index (κ3) is 2.75. The molecule has 0 saturated heterocycles. The zero-order chi connectivity index (χ0) is 23.1. The van der Waals surface area contributed by atoms with Crippen LogP contribution in [0.3, 0.4) is 0 Å². The van der Waals surface area contributed by atoms with Crippen LogP contribution in [0, 0.1) is 53.7 Å². The van der Waals surface area contributed by atoms with Crippen LogP contribution in [0.2, 0.25) is 0 Å². The fourth-order valence-electron chi connectivity index (χ4n) is 3.70. The number of halogens is 3. The van der Waals surface area contributed by atoms with Crippen LogP contribution in [0.4, 0.5) is 13.2 Å². The van der Waals surface area contributed by atoms with Gasteiger partial charge in [-0.25, -0.2) is 25.1 Å². The molecule has 0 aliphatic heterocycles. The molecule has 0 N–H and O–H groups in total. The van der Waals surface area contributed by atoms with E-state index >= 15 is 0 Å². The molecule has 0 unspecified atom stereocenters. The molecule has 0 heterocycles. The van der Waals surface area contributed by atoms with Crippen molar-refractivity contribution in [2.75, 3.05) is 0 Å². The number of hydrogen-bond acceptors (Lipinski definition) is 3. The second-order valence-corrected chi connectivity index (χ2v) is 6.28. The Balaban J connectivity index is 2.58. The van der Waals surface area contributed by atoms with Crippen molar-refractivity contribution in [3.8, 4) is 18.2 Å². The molecule has 2 aliphatic carbocycles. The number of benzene rings is 1. The van der Waals surface area contributed by atoms with Crippen LogP contribution in [-0.4, -0.2) is 6.18 Å². The summed E-state index contributed by atoms with van der Waals surface area (Å²) in [6, 6.07) is 7.09. The first kappa shape index (κ1) is 20.6. The lowest BCUT2D eigenvalue weighted by Crippen LogP contribution is -2.13. The smallest absolute Gasteiger partial charge is 0.237 e. The van der Waals surface area contributed by atoms with Crippen molar-refractivity contribution in [3.63, 3.8) is 0 Å². The SMILES string of the molecule is [C-]#[N+]C1=C(C)/C(=C(/C#N)[N+]#[C-])c2cc3c(cc21)C(C#N)=C(C(F)(F)F)/C3=C(\C#N)[N+]#[C-]. The minimum atomic E-state index is -5.03. The highest BCUT2D eigenvalue weighted by molar-refractivity contribution is 6.11. The average molecular weight is 410 g/mol. The molecule has 144 valence electrons. The van der Waals surface area contributed by atoms with Gasteiger partial charge in [-0.05, 0) is 46.4 Å². The number of rotatable bonds is 0. The van der Waals surface area contributed by atoms with Crippen LogP contribution in [-0.2, 0) is 0 Å². The summed E-state index contributed by atoms with van der Waals surface area (Å²) in [6.45, 7) is 23.3. The molecule has 0 spiro atoms. The Bertz CT molecular complexity index is 1440. The van der Waals surface area contributed by atoms with Crippen LogP contribution < -0.4 is 0 Å². The number of hydrogen-bond donors (Lipinski definition) is 0. The van der Waals surface area contributed by atoms with E-state index < -0.39 is 28.6 Å². The van der Waals surface area contributed by atoms with Gasteiger partial charge >= 0.3 is 6.18 Å². The maximum atomic E-state index is 13.9. The average Bonchev–Trinajstić information content (AvgIpc) is 3.20. The number of alkyl halides is 3. The first-order valence-electron chi connectivity index (χ1n) is 8.23. The summed E-state index contributed by atoms with van der Waals surface area (Å²) in [5.41, 5.74) is -3.66. The molecule has 0 saturated carbocycles. The molecule has 0 fully saturated rings. The van der Waals surface area contributed by atoms with Crippen LogP contribution >= 0.6 is 0 Å². The summed E-state index contributed by atoms with van der Waals surface area (Å²) in [6.07, 6.45) is -5.03. The van der Waals surface area contributed by atoms with Crippen molar-refractivity contribution in [1.29, 1.82) is 15.8 Å². The summed E-state index contributed by atoms with van der Waals surface area (Å²) >= 11 is 0. The quantitative estimate of drug-likeness (QED) is 0.417. The van der Waals surface area contributed by atoms with Crippen molar-refractivity contribution in [2.45, 2.75) is 13.1 Å². The Labute approximate surface area is 174 Å². The first-order valence-corrected chi connectivity index (χ1v) is 8.23. The number of allylic oxidation sites excluding steroid dienone is 7. The Morgan fingerprint density at radius 3 is 1.84 bits per heavy atom. The van der Waals surface area contributed by atoms with Gasteiger partial charge in [0.2, 0.25) is 0 Å². The molecule has 0 aromatic heterocycles. The lowest BCUT2D eigenvalue weighted by Gasteiger charge is -2.13. The van der Waals surface area contributed by atoms with Crippen molar-refractivity contribution < 1.29 is 13.2 Å². The van der Waals surface area contributed by atoms with Gasteiger partial charge in [-0.2, -0.15) is 18.4 Å². The minimum absolute atomic E-state index is 0.0400. The second kappa shape index (κ2) is 7.06. The third-order valence-electron chi connectivity index (χ3n) is 4.87. The fraction of sp³-hybridized carbons (Fsp3) is 0.0909. The molecule has 3 rings (SSSR count). The van der Waals surface area contributed by atoms with Gasteiger partial charge in [0.1, 0.15) is 6.07 Å². The third-order valence-corrected chi connectivity index (χ3v) is 4.87. The highest BCUT2D eigenvalue weighted by atomic mass is 19.4. The van der Waals surface area contributed by atoms with Gasteiger partial charge < -0.3 is 0 Å². The van der Waals surface area contributed by atoms with Gasteiger partial charge in [0, 0.05) is 5.57 Å². The lowest BCUT2D eigenvalue weighted by atomic mass is 9.93. The molecule has 0 radical (unpaired) electrons. The van der Waals surface area contributed by atoms with Crippen LogP contribution in [0.15, 0.2) is 34.7 Å². The topological polar surface area (TPSA) is 84.5 Å². The molecule has 0 bridgehead atoms. The predicted molar refractivity (Wildman–Crippen MR) is 102 cm³/mol. The van der Waals surface area contributed by atoms with Crippen molar-refractivity contribution >= 4 is 22.4 Å². The largest absolute Gasteiger partial charge is 0.417 e. The van der Waals surface area contributed by atoms with Crippen molar-refractivity contribution in [3.05, 3.63) is 91.2 Å². The van der Waals surface area contributed by atoms with E-state index in [1.54, 1.807) is 6.07 Å². The number of fused-ring (bicyclic) bond motifs is 2. The minimum Gasteiger partial charge on any atom is -0.237 e. The fourth-order valence-corrected chi connectivity index (χ4v) is 3.70.